The molecule has 0 spiro atoms. The minimum absolute atomic E-state index is 0.0833. The van der Waals surface area contributed by atoms with E-state index >= 15 is 0 Å². The molecule has 0 aliphatic rings. The first kappa shape index (κ1) is 10.2. The first-order valence-electron chi connectivity index (χ1n) is 2.29. The van der Waals surface area contributed by atoms with Crippen LogP contribution in [0.5, 0.6) is 0 Å². The van der Waals surface area contributed by atoms with Crippen molar-refractivity contribution in [3.05, 3.63) is 0 Å². The van der Waals surface area contributed by atoms with Crippen LogP contribution in [0, 0.1) is 0 Å². The minimum atomic E-state index is -5.18. The zero-order chi connectivity index (χ0) is 8.58. The molecule has 0 rings (SSSR count). The molecular formula is C2BF6Li. The molecule has 0 aliphatic carbocycles. The van der Waals surface area contributed by atoms with Gasteiger partial charge in [-0.3, -0.25) is 0 Å². The summed E-state index contributed by atoms with van der Waals surface area (Å²) in [6.45, 7) is 0. The molecule has 0 unspecified atom stereocenters. The molecule has 0 N–H and O–H groups in total. The van der Waals surface area contributed by atoms with Gasteiger partial charge in [-0.25, -0.2) is 0 Å². The first-order chi connectivity index (χ1) is 4.15. The van der Waals surface area contributed by atoms with Crippen LogP contribution >= 0.6 is 0 Å². The van der Waals surface area contributed by atoms with Crippen LogP contribution < -0.4 is 0 Å². The van der Waals surface area contributed by atoms with Crippen LogP contribution in [0.3, 0.4) is 0 Å². The topological polar surface area (TPSA) is 0 Å². The van der Waals surface area contributed by atoms with Crippen LogP contribution in [0.4, 0.5) is 26.3 Å². The zero-order valence-electron chi connectivity index (χ0n) is 4.85. The normalized spacial score (nSPS) is 13.6. The van der Waals surface area contributed by atoms with Gasteiger partial charge in [-0.15, -0.1) is 0 Å². The fraction of sp³-hybridized carbons (Fsp3) is 1.00. The van der Waals surface area contributed by atoms with Crippen LogP contribution in [0.15, 0.2) is 0 Å². The average Bonchev–Trinajstić information content (AvgIpc) is 1.59. The molecule has 0 bridgehead atoms. The quantitative estimate of drug-likeness (QED) is 0.366. The number of hydrogen-bond acceptors (Lipinski definition) is 0. The van der Waals surface area contributed by atoms with Crippen LogP contribution in [-0.2, 0) is 0 Å². The Hall–Kier alpha value is 0.242. The molecule has 10 heavy (non-hydrogen) atoms. The second-order valence-corrected chi connectivity index (χ2v) is 1.80. The van der Waals surface area contributed by atoms with Crippen molar-refractivity contribution in [3.63, 3.8) is 0 Å². The number of alkyl halides is 6. The molecule has 54 valence electrons. The summed E-state index contributed by atoms with van der Waals surface area (Å²) >= 11 is 0.0833. The van der Waals surface area contributed by atoms with E-state index in [-0.39, 0.29) is 17.5 Å². The summed E-state index contributed by atoms with van der Waals surface area (Å²) in [5.74, 6) is 0. The third-order valence-corrected chi connectivity index (χ3v) is 0.982. The first-order valence-corrected chi connectivity index (χ1v) is 2.29. The number of hydrogen-bond donors (Lipinski definition) is 0. The molecule has 0 amide bonds. The standard InChI is InChI=1S/C2BF6.Li/c4-1(5,6)3-2(7,8)9;/q+1;-1. The van der Waals surface area contributed by atoms with Crippen LogP contribution in [0.2, 0.25) is 0 Å². The van der Waals surface area contributed by atoms with E-state index in [4.69, 9.17) is 0 Å². The summed E-state index contributed by atoms with van der Waals surface area (Å²) in [5, 5.41) is -3.24. The van der Waals surface area contributed by atoms with Crippen LogP contribution in [0.25, 0.3) is 0 Å². The summed E-state index contributed by atoms with van der Waals surface area (Å²) < 4.78 is 67.4. The second kappa shape index (κ2) is 2.70. The summed E-state index contributed by atoms with van der Waals surface area (Å²) in [6, 6.07) is 0. The Morgan fingerprint density at radius 1 is 0.800 bits per heavy atom. The van der Waals surface area contributed by atoms with Crippen molar-refractivity contribution in [2.75, 3.05) is 0 Å². The molecule has 0 nitrogen and oxygen atoms in total. The maximum absolute atomic E-state index is 11.2. The Balaban J connectivity index is 4.23. The summed E-state index contributed by atoms with van der Waals surface area (Å²) in [5.41, 5.74) is 0. The van der Waals surface area contributed by atoms with Gasteiger partial charge in [0.25, 0.3) is 0 Å². The molecule has 0 aromatic carbocycles. The average molecular weight is 156 g/mol. The van der Waals surface area contributed by atoms with E-state index in [9.17, 15) is 26.3 Å². The molecular weight excluding hydrogens is 156 g/mol. The Morgan fingerprint density at radius 2 is 1.00 bits per heavy atom. The van der Waals surface area contributed by atoms with Crippen molar-refractivity contribution >= 4 is 22.8 Å². The zero-order valence-corrected chi connectivity index (χ0v) is 4.85. The van der Waals surface area contributed by atoms with E-state index in [2.05, 4.69) is 0 Å². The van der Waals surface area contributed by atoms with E-state index in [1.165, 1.54) is 0 Å². The number of rotatable bonds is 0. The third-order valence-electron chi connectivity index (χ3n) is 0.982. The molecule has 0 aromatic heterocycles. The SMILES string of the molecule is [Li][B](C(F)(F)F)C(F)(F)F. The Labute approximate surface area is 62.1 Å². The van der Waals surface area contributed by atoms with Gasteiger partial charge in [0.1, 0.15) is 0 Å². The van der Waals surface area contributed by atoms with Crippen molar-refractivity contribution < 1.29 is 26.3 Å². The molecule has 0 aliphatic heterocycles. The van der Waals surface area contributed by atoms with Crippen molar-refractivity contribution in [1.82, 2.24) is 0 Å². The second-order valence-electron chi connectivity index (χ2n) is 1.80. The van der Waals surface area contributed by atoms with E-state index in [0.717, 1.165) is 0 Å². The van der Waals surface area contributed by atoms with E-state index in [1.54, 1.807) is 0 Å². The van der Waals surface area contributed by atoms with Gasteiger partial charge in [0, 0.05) is 0 Å². The molecule has 0 aromatic rings. The third kappa shape index (κ3) is 2.88. The van der Waals surface area contributed by atoms with E-state index < -0.39 is 17.4 Å². The predicted molar refractivity (Wildman–Crippen MR) is 23.6 cm³/mol. The number of halogens is 6. The van der Waals surface area contributed by atoms with Gasteiger partial charge in [0.2, 0.25) is 0 Å². The van der Waals surface area contributed by atoms with Gasteiger partial charge in [0.15, 0.2) is 0 Å². The molecule has 0 saturated carbocycles. The summed E-state index contributed by atoms with van der Waals surface area (Å²) in [4.78, 5) is 0. The molecule has 0 atom stereocenters. The van der Waals surface area contributed by atoms with E-state index in [1.807, 2.05) is 0 Å². The Morgan fingerprint density at radius 3 is 1.00 bits per heavy atom. The fourth-order valence-electron chi connectivity index (χ4n) is 0.186. The summed E-state index contributed by atoms with van der Waals surface area (Å²) in [6.07, 6.45) is -10.4. The van der Waals surface area contributed by atoms with Crippen molar-refractivity contribution in [2.45, 2.75) is 12.2 Å². The van der Waals surface area contributed by atoms with Gasteiger partial charge in [0.05, 0.1) is 0 Å². The van der Waals surface area contributed by atoms with Crippen LogP contribution in [-0.4, -0.2) is 35.0 Å². The van der Waals surface area contributed by atoms with Gasteiger partial charge >= 0.3 is 61.3 Å². The monoisotopic (exact) mass is 156 g/mol. The molecule has 0 fully saturated rings. The molecule has 0 heterocycles. The predicted octanol–water partition coefficient (Wildman–Crippen LogP) is 1.35. The molecule has 0 radical (unpaired) electrons. The van der Waals surface area contributed by atoms with Gasteiger partial charge < -0.3 is 0 Å². The maximum atomic E-state index is 11.2. The van der Waals surface area contributed by atoms with Gasteiger partial charge in [-0.2, -0.15) is 0 Å². The van der Waals surface area contributed by atoms with Crippen molar-refractivity contribution in [3.8, 4) is 0 Å². The summed E-state index contributed by atoms with van der Waals surface area (Å²) in [7, 11) is 0. The van der Waals surface area contributed by atoms with E-state index in [0.29, 0.717) is 0 Å². The van der Waals surface area contributed by atoms with Crippen molar-refractivity contribution in [2.24, 2.45) is 0 Å². The van der Waals surface area contributed by atoms with Crippen LogP contribution in [0.1, 0.15) is 0 Å². The van der Waals surface area contributed by atoms with Gasteiger partial charge in [-0.05, 0) is 0 Å². The van der Waals surface area contributed by atoms with Crippen molar-refractivity contribution in [1.29, 1.82) is 0 Å². The molecule has 8 heteroatoms. The van der Waals surface area contributed by atoms with Gasteiger partial charge in [-0.1, -0.05) is 0 Å². The fourth-order valence-corrected chi connectivity index (χ4v) is 0.186. The molecule has 0 saturated heterocycles. The Kier molecular flexibility index (Phi) is 2.77. The Bertz CT molecular complexity index is 99.9.